The Labute approximate surface area is 109 Å². The van der Waals surface area contributed by atoms with Crippen LogP contribution in [-0.4, -0.2) is 4.98 Å². The Balaban J connectivity index is 2.31. The molecule has 2 aromatic rings. The van der Waals surface area contributed by atoms with Crippen molar-refractivity contribution in [2.24, 2.45) is 0 Å². The van der Waals surface area contributed by atoms with Gasteiger partial charge in [-0.1, -0.05) is 29.3 Å². The maximum atomic E-state index is 8.74. The van der Waals surface area contributed by atoms with Gasteiger partial charge in [0.15, 0.2) is 0 Å². The molecule has 1 aromatic heterocycles. The van der Waals surface area contributed by atoms with Crippen LogP contribution in [0.3, 0.4) is 0 Å². The number of nitriles is 1. The van der Waals surface area contributed by atoms with Crippen LogP contribution in [0.4, 0.5) is 11.5 Å². The van der Waals surface area contributed by atoms with Crippen molar-refractivity contribution in [3.8, 4) is 6.07 Å². The van der Waals surface area contributed by atoms with Gasteiger partial charge in [-0.15, -0.1) is 0 Å². The van der Waals surface area contributed by atoms with Crippen molar-refractivity contribution in [3.05, 3.63) is 52.1 Å². The van der Waals surface area contributed by atoms with Crippen LogP contribution >= 0.6 is 23.2 Å². The van der Waals surface area contributed by atoms with E-state index < -0.39 is 0 Å². The number of hydrogen-bond donors (Lipinski definition) is 1. The zero-order chi connectivity index (χ0) is 12.3. The number of aromatic nitrogens is 1. The van der Waals surface area contributed by atoms with Crippen LogP contribution in [0.25, 0.3) is 0 Å². The molecular formula is C12H7Cl2N3. The fourth-order valence-electron chi connectivity index (χ4n) is 1.30. The monoisotopic (exact) mass is 263 g/mol. The van der Waals surface area contributed by atoms with E-state index in [4.69, 9.17) is 28.5 Å². The van der Waals surface area contributed by atoms with Gasteiger partial charge in [-0.3, -0.25) is 0 Å². The van der Waals surface area contributed by atoms with Gasteiger partial charge in [-0.2, -0.15) is 5.26 Å². The first-order valence-electron chi connectivity index (χ1n) is 4.78. The molecule has 0 aliphatic heterocycles. The SMILES string of the molecule is N#Cc1cccc(Nc2cc(Cl)ccc2Cl)n1. The van der Waals surface area contributed by atoms with Crippen LogP contribution < -0.4 is 5.32 Å². The Morgan fingerprint density at radius 3 is 2.76 bits per heavy atom. The van der Waals surface area contributed by atoms with E-state index in [0.717, 1.165) is 0 Å². The first-order valence-corrected chi connectivity index (χ1v) is 5.54. The van der Waals surface area contributed by atoms with Crippen molar-refractivity contribution < 1.29 is 0 Å². The maximum Gasteiger partial charge on any atom is 0.142 e. The molecule has 0 bridgehead atoms. The fraction of sp³-hybridized carbons (Fsp3) is 0. The first kappa shape index (κ1) is 11.7. The lowest BCUT2D eigenvalue weighted by Gasteiger charge is -2.07. The Morgan fingerprint density at radius 2 is 2.00 bits per heavy atom. The van der Waals surface area contributed by atoms with E-state index in [1.165, 1.54) is 0 Å². The summed E-state index contributed by atoms with van der Waals surface area (Å²) in [6, 6.07) is 12.2. The molecule has 1 aromatic carbocycles. The molecule has 5 heteroatoms. The highest BCUT2D eigenvalue weighted by Gasteiger charge is 2.03. The number of hydrogen-bond acceptors (Lipinski definition) is 3. The topological polar surface area (TPSA) is 48.7 Å². The summed E-state index contributed by atoms with van der Waals surface area (Å²) in [6.07, 6.45) is 0. The van der Waals surface area contributed by atoms with Crippen molar-refractivity contribution in [2.75, 3.05) is 5.32 Å². The lowest BCUT2D eigenvalue weighted by molar-refractivity contribution is 1.25. The Hall–Kier alpha value is -1.76. The Kier molecular flexibility index (Phi) is 3.48. The summed E-state index contributed by atoms with van der Waals surface area (Å²) in [5, 5.41) is 12.9. The third-order valence-electron chi connectivity index (χ3n) is 2.05. The molecule has 1 heterocycles. The quantitative estimate of drug-likeness (QED) is 0.891. The molecule has 0 aliphatic carbocycles. The highest BCUT2D eigenvalue weighted by molar-refractivity contribution is 6.35. The minimum absolute atomic E-state index is 0.341. The molecule has 2 rings (SSSR count). The van der Waals surface area contributed by atoms with Crippen LogP contribution in [0, 0.1) is 11.3 Å². The van der Waals surface area contributed by atoms with Gasteiger partial charge in [0.25, 0.3) is 0 Å². The Morgan fingerprint density at radius 1 is 1.18 bits per heavy atom. The van der Waals surface area contributed by atoms with Gasteiger partial charge in [-0.05, 0) is 30.3 Å². The largest absolute Gasteiger partial charge is 0.339 e. The van der Waals surface area contributed by atoms with Gasteiger partial charge < -0.3 is 5.32 Å². The van der Waals surface area contributed by atoms with Crippen LogP contribution in [0.5, 0.6) is 0 Å². The van der Waals surface area contributed by atoms with E-state index >= 15 is 0 Å². The third-order valence-corrected chi connectivity index (χ3v) is 2.62. The van der Waals surface area contributed by atoms with Crippen molar-refractivity contribution in [3.63, 3.8) is 0 Å². The summed E-state index contributed by atoms with van der Waals surface area (Å²) in [4.78, 5) is 4.08. The van der Waals surface area contributed by atoms with Gasteiger partial charge in [0.1, 0.15) is 17.6 Å². The normalized spacial score (nSPS) is 9.71. The van der Waals surface area contributed by atoms with E-state index in [9.17, 15) is 0 Å². The van der Waals surface area contributed by atoms with Crippen molar-refractivity contribution in [1.82, 2.24) is 4.98 Å². The molecule has 1 N–H and O–H groups in total. The van der Waals surface area contributed by atoms with Crippen LogP contribution in [-0.2, 0) is 0 Å². The number of halogens is 2. The standard InChI is InChI=1S/C12H7Cl2N3/c13-8-4-5-10(14)11(6-8)17-12-3-1-2-9(7-15)16-12/h1-6H,(H,16,17). The lowest BCUT2D eigenvalue weighted by atomic mass is 10.3. The van der Waals surface area contributed by atoms with Crippen molar-refractivity contribution in [1.29, 1.82) is 5.26 Å². The lowest BCUT2D eigenvalue weighted by Crippen LogP contribution is -1.95. The van der Waals surface area contributed by atoms with Crippen molar-refractivity contribution in [2.45, 2.75) is 0 Å². The predicted octanol–water partition coefficient (Wildman–Crippen LogP) is 4.00. The van der Waals surface area contributed by atoms with Crippen LogP contribution in [0.1, 0.15) is 5.69 Å². The van der Waals surface area contributed by atoms with Gasteiger partial charge in [0.05, 0.1) is 10.7 Å². The summed E-state index contributed by atoms with van der Waals surface area (Å²) in [5.74, 6) is 0.549. The molecule has 0 saturated heterocycles. The van der Waals surface area contributed by atoms with E-state index in [1.807, 2.05) is 6.07 Å². The van der Waals surface area contributed by atoms with Crippen molar-refractivity contribution >= 4 is 34.7 Å². The average molecular weight is 264 g/mol. The molecule has 84 valence electrons. The Bertz CT molecular complexity index is 591. The van der Waals surface area contributed by atoms with Crippen LogP contribution in [0.15, 0.2) is 36.4 Å². The minimum Gasteiger partial charge on any atom is -0.339 e. The second-order valence-corrected chi connectivity index (χ2v) is 4.11. The number of nitrogens with zero attached hydrogens (tertiary/aromatic N) is 2. The van der Waals surface area contributed by atoms with Gasteiger partial charge >= 0.3 is 0 Å². The summed E-state index contributed by atoms with van der Waals surface area (Å²) in [5.41, 5.74) is 0.995. The molecule has 0 atom stereocenters. The zero-order valence-corrected chi connectivity index (χ0v) is 10.1. The summed E-state index contributed by atoms with van der Waals surface area (Å²) < 4.78 is 0. The van der Waals surface area contributed by atoms with E-state index in [2.05, 4.69) is 10.3 Å². The van der Waals surface area contributed by atoms with Gasteiger partial charge in [0, 0.05) is 5.02 Å². The molecule has 0 radical (unpaired) electrons. The summed E-state index contributed by atoms with van der Waals surface area (Å²) in [7, 11) is 0. The molecule has 0 saturated carbocycles. The fourth-order valence-corrected chi connectivity index (χ4v) is 1.63. The number of anilines is 2. The number of nitrogens with one attached hydrogen (secondary N) is 1. The molecule has 0 aliphatic rings. The second-order valence-electron chi connectivity index (χ2n) is 3.27. The molecule has 17 heavy (non-hydrogen) atoms. The first-order chi connectivity index (χ1) is 8.19. The van der Waals surface area contributed by atoms with Gasteiger partial charge in [-0.25, -0.2) is 4.98 Å². The molecule has 0 fully saturated rings. The predicted molar refractivity (Wildman–Crippen MR) is 68.7 cm³/mol. The zero-order valence-electron chi connectivity index (χ0n) is 8.61. The van der Waals surface area contributed by atoms with Gasteiger partial charge in [0.2, 0.25) is 0 Å². The second kappa shape index (κ2) is 5.05. The number of rotatable bonds is 2. The van der Waals surface area contributed by atoms with E-state index in [0.29, 0.717) is 27.2 Å². The van der Waals surface area contributed by atoms with Crippen LogP contribution in [0.2, 0.25) is 10.0 Å². The number of pyridine rings is 1. The van der Waals surface area contributed by atoms with E-state index in [-0.39, 0.29) is 0 Å². The highest BCUT2D eigenvalue weighted by atomic mass is 35.5. The average Bonchev–Trinajstić information content (AvgIpc) is 2.34. The molecule has 0 spiro atoms. The maximum absolute atomic E-state index is 8.74. The minimum atomic E-state index is 0.341. The molecule has 3 nitrogen and oxygen atoms in total. The number of benzene rings is 1. The van der Waals surface area contributed by atoms with E-state index in [1.54, 1.807) is 36.4 Å². The molecule has 0 unspecified atom stereocenters. The molecular weight excluding hydrogens is 257 g/mol. The third kappa shape index (κ3) is 2.88. The smallest absolute Gasteiger partial charge is 0.142 e. The summed E-state index contributed by atoms with van der Waals surface area (Å²) in [6.45, 7) is 0. The summed E-state index contributed by atoms with van der Waals surface area (Å²) >= 11 is 11.9. The molecule has 0 amide bonds. The highest BCUT2D eigenvalue weighted by Crippen LogP contribution is 2.27.